The lowest BCUT2D eigenvalue weighted by atomic mass is 10.3. The first-order valence-corrected chi connectivity index (χ1v) is 3.47. The number of unbranched alkanes of at least 4 members (excludes halogenated alkanes) is 1. The Morgan fingerprint density at radius 3 is 2.90 bits per heavy atom. The molecular weight excluding hydrogens is 124 g/mol. The average Bonchev–Trinajstić information content (AvgIpc) is 1.89. The Morgan fingerprint density at radius 1 is 1.70 bits per heavy atom. The van der Waals surface area contributed by atoms with E-state index in [1.54, 1.807) is 0 Å². The Hall–Kier alpha value is -0.810. The Balaban J connectivity index is 3.14. The van der Waals surface area contributed by atoms with Gasteiger partial charge in [0.25, 0.3) is 0 Å². The summed E-state index contributed by atoms with van der Waals surface area (Å²) < 4.78 is 0. The van der Waals surface area contributed by atoms with Crippen molar-refractivity contribution in [2.24, 2.45) is 0 Å². The van der Waals surface area contributed by atoms with Gasteiger partial charge in [0.15, 0.2) is 0 Å². The van der Waals surface area contributed by atoms with E-state index in [4.69, 9.17) is 5.26 Å². The zero-order valence-corrected chi connectivity index (χ0v) is 6.51. The molecule has 0 aromatic heterocycles. The van der Waals surface area contributed by atoms with Crippen molar-refractivity contribution >= 4 is 0 Å². The van der Waals surface area contributed by atoms with E-state index in [9.17, 15) is 0 Å². The maximum atomic E-state index is 8.28. The molecule has 0 saturated carbocycles. The van der Waals surface area contributed by atoms with Gasteiger partial charge in [-0.05, 0) is 26.4 Å². The lowest BCUT2D eigenvalue weighted by Gasteiger charge is -2.09. The first kappa shape index (κ1) is 9.19. The molecule has 0 heterocycles. The van der Waals surface area contributed by atoms with E-state index in [1.165, 1.54) is 0 Å². The second-order valence-corrected chi connectivity index (χ2v) is 2.33. The fraction of sp³-hybridized carbons (Fsp3) is 0.625. The van der Waals surface area contributed by atoms with Crippen LogP contribution in [0, 0.1) is 11.3 Å². The number of allylic oxidation sites excluding steroid dienone is 1. The van der Waals surface area contributed by atoms with E-state index >= 15 is 0 Å². The lowest BCUT2D eigenvalue weighted by molar-refractivity contribution is 0.369. The van der Waals surface area contributed by atoms with Gasteiger partial charge in [-0.25, -0.2) is 0 Å². The molecule has 0 atom stereocenters. The SMILES string of the molecule is C=CCCCN(C)CC#N. The van der Waals surface area contributed by atoms with Gasteiger partial charge < -0.3 is 0 Å². The molecule has 10 heavy (non-hydrogen) atoms. The molecule has 0 aromatic rings. The second-order valence-electron chi connectivity index (χ2n) is 2.33. The van der Waals surface area contributed by atoms with E-state index in [0.717, 1.165) is 19.4 Å². The fourth-order valence-electron chi connectivity index (χ4n) is 0.705. The summed E-state index contributed by atoms with van der Waals surface area (Å²) in [6.07, 6.45) is 4.04. The van der Waals surface area contributed by atoms with Crippen molar-refractivity contribution in [1.82, 2.24) is 4.90 Å². The molecule has 0 N–H and O–H groups in total. The normalized spacial score (nSPS) is 9.30. The molecular formula is C8H14N2. The maximum absolute atomic E-state index is 8.28. The Morgan fingerprint density at radius 2 is 2.40 bits per heavy atom. The van der Waals surface area contributed by atoms with Gasteiger partial charge in [0.05, 0.1) is 12.6 Å². The van der Waals surface area contributed by atoms with Crippen LogP contribution in [0.4, 0.5) is 0 Å². The maximum Gasteiger partial charge on any atom is 0.0863 e. The molecule has 0 fully saturated rings. The summed E-state index contributed by atoms with van der Waals surface area (Å²) in [5, 5.41) is 8.28. The average molecular weight is 138 g/mol. The van der Waals surface area contributed by atoms with Gasteiger partial charge in [-0.3, -0.25) is 4.90 Å². The van der Waals surface area contributed by atoms with Crippen LogP contribution in [0.3, 0.4) is 0 Å². The van der Waals surface area contributed by atoms with Crippen molar-refractivity contribution < 1.29 is 0 Å². The largest absolute Gasteiger partial charge is 0.294 e. The summed E-state index contributed by atoms with van der Waals surface area (Å²) in [6, 6.07) is 2.09. The van der Waals surface area contributed by atoms with Crippen molar-refractivity contribution in [3.05, 3.63) is 12.7 Å². The summed E-state index contributed by atoms with van der Waals surface area (Å²) in [5.74, 6) is 0. The summed E-state index contributed by atoms with van der Waals surface area (Å²) in [6.45, 7) is 5.13. The van der Waals surface area contributed by atoms with E-state index in [1.807, 2.05) is 18.0 Å². The lowest BCUT2D eigenvalue weighted by Crippen LogP contribution is -2.19. The van der Waals surface area contributed by atoms with Crippen molar-refractivity contribution in [2.75, 3.05) is 20.1 Å². The molecule has 0 unspecified atom stereocenters. The van der Waals surface area contributed by atoms with E-state index < -0.39 is 0 Å². The minimum absolute atomic E-state index is 0.525. The van der Waals surface area contributed by atoms with Crippen molar-refractivity contribution in [3.8, 4) is 6.07 Å². The van der Waals surface area contributed by atoms with Gasteiger partial charge in [0.1, 0.15) is 0 Å². The van der Waals surface area contributed by atoms with E-state index in [-0.39, 0.29) is 0 Å². The summed E-state index contributed by atoms with van der Waals surface area (Å²) in [7, 11) is 1.95. The van der Waals surface area contributed by atoms with Crippen LogP contribution in [0.2, 0.25) is 0 Å². The van der Waals surface area contributed by atoms with E-state index in [0.29, 0.717) is 6.54 Å². The Labute approximate surface area is 62.8 Å². The first-order chi connectivity index (χ1) is 4.81. The van der Waals surface area contributed by atoms with Gasteiger partial charge in [0.2, 0.25) is 0 Å². The van der Waals surface area contributed by atoms with Crippen LogP contribution in [0.1, 0.15) is 12.8 Å². The molecule has 0 aliphatic carbocycles. The molecule has 0 radical (unpaired) electrons. The molecule has 0 bridgehead atoms. The van der Waals surface area contributed by atoms with Gasteiger partial charge in [-0.1, -0.05) is 6.08 Å². The number of rotatable bonds is 5. The van der Waals surface area contributed by atoms with E-state index in [2.05, 4.69) is 12.6 Å². The van der Waals surface area contributed by atoms with Gasteiger partial charge in [-0.2, -0.15) is 5.26 Å². The highest BCUT2D eigenvalue weighted by molar-refractivity contribution is 4.75. The van der Waals surface area contributed by atoms with Crippen LogP contribution in [-0.2, 0) is 0 Å². The van der Waals surface area contributed by atoms with Crippen molar-refractivity contribution in [3.63, 3.8) is 0 Å². The van der Waals surface area contributed by atoms with Gasteiger partial charge >= 0.3 is 0 Å². The van der Waals surface area contributed by atoms with Gasteiger partial charge in [0, 0.05) is 0 Å². The molecule has 0 aliphatic heterocycles. The standard InChI is InChI=1S/C8H14N2/c1-3-4-5-7-10(2)8-6-9/h3H,1,4-5,7-8H2,2H3. The molecule has 0 aromatic carbocycles. The molecule has 0 rings (SSSR count). The molecule has 56 valence electrons. The molecule has 0 amide bonds. The topological polar surface area (TPSA) is 27.0 Å². The van der Waals surface area contributed by atoms with Crippen molar-refractivity contribution in [2.45, 2.75) is 12.8 Å². The Kier molecular flexibility index (Phi) is 5.80. The van der Waals surface area contributed by atoms with Crippen LogP contribution < -0.4 is 0 Å². The molecule has 2 heteroatoms. The van der Waals surface area contributed by atoms with Gasteiger partial charge in [-0.15, -0.1) is 6.58 Å². The van der Waals surface area contributed by atoms with Crippen LogP contribution in [0.15, 0.2) is 12.7 Å². The summed E-state index contributed by atoms with van der Waals surface area (Å²) in [5.41, 5.74) is 0. The summed E-state index contributed by atoms with van der Waals surface area (Å²) >= 11 is 0. The zero-order valence-electron chi connectivity index (χ0n) is 6.51. The third kappa shape index (κ3) is 5.33. The second kappa shape index (κ2) is 6.31. The highest BCUT2D eigenvalue weighted by atomic mass is 15.1. The predicted molar refractivity (Wildman–Crippen MR) is 42.5 cm³/mol. The number of nitriles is 1. The predicted octanol–water partition coefficient (Wildman–Crippen LogP) is 1.41. The van der Waals surface area contributed by atoms with Crippen LogP contribution in [0.5, 0.6) is 0 Å². The molecule has 0 aliphatic rings. The minimum atomic E-state index is 0.525. The number of nitrogens with zero attached hydrogens (tertiary/aromatic N) is 2. The number of hydrogen-bond donors (Lipinski definition) is 0. The monoisotopic (exact) mass is 138 g/mol. The van der Waals surface area contributed by atoms with Crippen LogP contribution in [0.25, 0.3) is 0 Å². The first-order valence-electron chi connectivity index (χ1n) is 3.47. The molecule has 0 spiro atoms. The molecule has 2 nitrogen and oxygen atoms in total. The van der Waals surface area contributed by atoms with Crippen LogP contribution in [-0.4, -0.2) is 25.0 Å². The van der Waals surface area contributed by atoms with Crippen molar-refractivity contribution in [1.29, 1.82) is 5.26 Å². The minimum Gasteiger partial charge on any atom is -0.294 e. The quantitative estimate of drug-likeness (QED) is 0.326. The Bertz CT molecular complexity index is 124. The van der Waals surface area contributed by atoms with Crippen LogP contribution >= 0.6 is 0 Å². The molecule has 0 saturated heterocycles. The summed E-state index contributed by atoms with van der Waals surface area (Å²) in [4.78, 5) is 2.00. The third-order valence-corrected chi connectivity index (χ3v) is 1.29. The smallest absolute Gasteiger partial charge is 0.0863 e. The fourth-order valence-corrected chi connectivity index (χ4v) is 0.705. The highest BCUT2D eigenvalue weighted by Crippen LogP contribution is 1.91. The number of hydrogen-bond acceptors (Lipinski definition) is 2. The zero-order chi connectivity index (χ0) is 7.82. The highest BCUT2D eigenvalue weighted by Gasteiger charge is 1.93. The third-order valence-electron chi connectivity index (χ3n) is 1.29.